The molecule has 0 unspecified atom stereocenters. The lowest BCUT2D eigenvalue weighted by Gasteiger charge is -2.11. The van der Waals surface area contributed by atoms with Crippen molar-refractivity contribution in [1.82, 2.24) is 4.98 Å². The molecule has 2 aromatic rings. The van der Waals surface area contributed by atoms with Crippen LogP contribution in [-0.2, 0) is 4.74 Å². The summed E-state index contributed by atoms with van der Waals surface area (Å²) in [5.74, 6) is -0.336. The number of carbonyl (C=O) groups excluding carboxylic acids is 1. The Hall–Kier alpha value is -2.16. The molecule has 0 atom stereocenters. The minimum absolute atomic E-state index is 0.138. The molecule has 1 aromatic heterocycles. The summed E-state index contributed by atoms with van der Waals surface area (Å²) in [6.07, 6.45) is 3.09. The Kier molecular flexibility index (Phi) is 3.72. The van der Waals surface area contributed by atoms with Crippen molar-refractivity contribution in [3.8, 4) is 11.1 Å². The van der Waals surface area contributed by atoms with Crippen LogP contribution in [0.15, 0.2) is 48.8 Å². The van der Waals surface area contributed by atoms with Gasteiger partial charge in [-0.3, -0.25) is 4.98 Å². The third-order valence-corrected chi connectivity index (χ3v) is 2.47. The number of rotatable bonds is 3. The van der Waals surface area contributed by atoms with Gasteiger partial charge in [0.05, 0.1) is 11.7 Å². The Morgan fingerprint density at radius 2 is 1.89 bits per heavy atom. The summed E-state index contributed by atoms with van der Waals surface area (Å²) in [4.78, 5) is 16.0. The van der Waals surface area contributed by atoms with Crippen LogP contribution in [-0.4, -0.2) is 17.1 Å². The van der Waals surface area contributed by atoms with E-state index in [1.54, 1.807) is 12.4 Å². The van der Waals surface area contributed by atoms with Crippen LogP contribution in [0.5, 0.6) is 0 Å². The van der Waals surface area contributed by atoms with Crippen molar-refractivity contribution in [2.45, 2.75) is 20.0 Å². The van der Waals surface area contributed by atoms with Crippen molar-refractivity contribution in [3.05, 3.63) is 54.4 Å². The van der Waals surface area contributed by atoms with Gasteiger partial charge in [0.2, 0.25) is 0 Å². The highest BCUT2D eigenvalue weighted by Crippen LogP contribution is 2.23. The van der Waals surface area contributed by atoms with E-state index in [-0.39, 0.29) is 12.1 Å². The van der Waals surface area contributed by atoms with E-state index in [0.717, 1.165) is 11.1 Å². The smallest absolute Gasteiger partial charge is 0.340 e. The van der Waals surface area contributed by atoms with Gasteiger partial charge in [0, 0.05) is 12.4 Å². The highest BCUT2D eigenvalue weighted by Gasteiger charge is 2.15. The third-order valence-electron chi connectivity index (χ3n) is 2.47. The number of benzene rings is 1. The average molecular weight is 241 g/mol. The molecule has 0 aliphatic rings. The highest BCUT2D eigenvalue weighted by molar-refractivity contribution is 5.96. The second kappa shape index (κ2) is 5.45. The van der Waals surface area contributed by atoms with E-state index in [4.69, 9.17) is 4.74 Å². The molecule has 0 fully saturated rings. The van der Waals surface area contributed by atoms with Crippen LogP contribution in [0.1, 0.15) is 24.2 Å². The van der Waals surface area contributed by atoms with E-state index >= 15 is 0 Å². The number of esters is 1. The Bertz CT molecular complexity index is 535. The van der Waals surface area contributed by atoms with Crippen molar-refractivity contribution < 1.29 is 9.53 Å². The molecule has 0 N–H and O–H groups in total. The number of hydrogen-bond acceptors (Lipinski definition) is 3. The molecule has 3 heteroatoms. The predicted molar refractivity (Wildman–Crippen MR) is 70.2 cm³/mol. The Morgan fingerprint density at radius 3 is 2.56 bits per heavy atom. The molecule has 1 heterocycles. The second-order valence-corrected chi connectivity index (χ2v) is 4.24. The molecular formula is C15H15NO2. The van der Waals surface area contributed by atoms with E-state index in [1.165, 1.54) is 0 Å². The molecule has 0 amide bonds. The van der Waals surface area contributed by atoms with Crippen molar-refractivity contribution in [2.75, 3.05) is 0 Å². The highest BCUT2D eigenvalue weighted by atomic mass is 16.5. The number of hydrogen-bond donors (Lipinski definition) is 0. The van der Waals surface area contributed by atoms with E-state index in [0.29, 0.717) is 5.56 Å². The number of aromatic nitrogens is 1. The van der Waals surface area contributed by atoms with Crippen LogP contribution in [0, 0.1) is 0 Å². The molecule has 0 spiro atoms. The average Bonchev–Trinajstić information content (AvgIpc) is 2.39. The van der Waals surface area contributed by atoms with Gasteiger partial charge in [-0.1, -0.05) is 30.3 Å². The SMILES string of the molecule is CC(C)OC(=O)c1cnccc1-c1ccccc1. The first-order valence-electron chi connectivity index (χ1n) is 5.89. The van der Waals surface area contributed by atoms with Gasteiger partial charge in [-0.15, -0.1) is 0 Å². The van der Waals surface area contributed by atoms with Crippen LogP contribution < -0.4 is 0 Å². The fourth-order valence-electron chi connectivity index (χ4n) is 1.70. The van der Waals surface area contributed by atoms with Gasteiger partial charge in [0.15, 0.2) is 0 Å². The fourth-order valence-corrected chi connectivity index (χ4v) is 1.70. The zero-order chi connectivity index (χ0) is 13.0. The van der Waals surface area contributed by atoms with Crippen molar-refractivity contribution >= 4 is 5.97 Å². The molecule has 0 aliphatic carbocycles. The molecule has 18 heavy (non-hydrogen) atoms. The summed E-state index contributed by atoms with van der Waals surface area (Å²) in [6, 6.07) is 11.6. The van der Waals surface area contributed by atoms with E-state index < -0.39 is 0 Å². The molecule has 0 saturated carbocycles. The van der Waals surface area contributed by atoms with Crippen LogP contribution in [0.4, 0.5) is 0 Å². The number of nitrogens with zero attached hydrogens (tertiary/aromatic N) is 1. The molecular weight excluding hydrogens is 226 g/mol. The predicted octanol–water partition coefficient (Wildman–Crippen LogP) is 3.31. The molecule has 1 aromatic carbocycles. The summed E-state index contributed by atoms with van der Waals surface area (Å²) in [5.41, 5.74) is 2.32. The van der Waals surface area contributed by atoms with Crippen LogP contribution in [0.3, 0.4) is 0 Å². The first-order chi connectivity index (χ1) is 8.68. The van der Waals surface area contributed by atoms with Gasteiger partial charge in [0.1, 0.15) is 0 Å². The van der Waals surface area contributed by atoms with Crippen molar-refractivity contribution in [3.63, 3.8) is 0 Å². The lowest BCUT2D eigenvalue weighted by Crippen LogP contribution is -2.12. The van der Waals surface area contributed by atoms with Crippen LogP contribution >= 0.6 is 0 Å². The van der Waals surface area contributed by atoms with Gasteiger partial charge in [-0.05, 0) is 31.0 Å². The van der Waals surface area contributed by atoms with Crippen molar-refractivity contribution in [2.24, 2.45) is 0 Å². The minimum atomic E-state index is -0.336. The largest absolute Gasteiger partial charge is 0.459 e. The fraction of sp³-hybridized carbons (Fsp3) is 0.200. The van der Waals surface area contributed by atoms with Gasteiger partial charge in [0.25, 0.3) is 0 Å². The normalized spacial score (nSPS) is 10.4. The molecule has 3 nitrogen and oxygen atoms in total. The Labute approximate surface area is 106 Å². The van der Waals surface area contributed by atoms with E-state index in [1.807, 2.05) is 50.2 Å². The van der Waals surface area contributed by atoms with E-state index in [2.05, 4.69) is 4.98 Å². The Balaban J connectivity index is 2.41. The van der Waals surface area contributed by atoms with Gasteiger partial charge >= 0.3 is 5.97 Å². The summed E-state index contributed by atoms with van der Waals surface area (Å²) in [5, 5.41) is 0. The maximum Gasteiger partial charge on any atom is 0.340 e. The molecule has 0 saturated heterocycles. The lowest BCUT2D eigenvalue weighted by molar-refractivity contribution is 0.0378. The van der Waals surface area contributed by atoms with Crippen molar-refractivity contribution in [1.29, 1.82) is 0 Å². The molecule has 0 radical (unpaired) electrons. The summed E-state index contributed by atoms with van der Waals surface area (Å²) in [7, 11) is 0. The van der Waals surface area contributed by atoms with Crippen LogP contribution in [0.2, 0.25) is 0 Å². The number of ether oxygens (including phenoxy) is 1. The topological polar surface area (TPSA) is 39.2 Å². The quantitative estimate of drug-likeness (QED) is 0.774. The molecule has 0 aliphatic heterocycles. The second-order valence-electron chi connectivity index (χ2n) is 4.24. The van der Waals surface area contributed by atoms with Gasteiger partial charge in [-0.2, -0.15) is 0 Å². The first kappa shape index (κ1) is 12.3. The van der Waals surface area contributed by atoms with Gasteiger partial charge < -0.3 is 4.74 Å². The minimum Gasteiger partial charge on any atom is -0.459 e. The van der Waals surface area contributed by atoms with E-state index in [9.17, 15) is 4.79 Å². The number of pyridine rings is 1. The molecule has 0 bridgehead atoms. The maximum absolute atomic E-state index is 12.0. The number of carbonyl (C=O) groups is 1. The molecule has 2 rings (SSSR count). The summed E-state index contributed by atoms with van der Waals surface area (Å²) < 4.78 is 5.22. The lowest BCUT2D eigenvalue weighted by atomic mass is 10.0. The summed E-state index contributed by atoms with van der Waals surface area (Å²) >= 11 is 0. The first-order valence-corrected chi connectivity index (χ1v) is 5.89. The van der Waals surface area contributed by atoms with Crippen LogP contribution in [0.25, 0.3) is 11.1 Å². The zero-order valence-electron chi connectivity index (χ0n) is 10.5. The maximum atomic E-state index is 12.0. The standard InChI is InChI=1S/C15H15NO2/c1-11(2)18-15(17)14-10-16-9-8-13(14)12-6-4-3-5-7-12/h3-11H,1-2H3. The zero-order valence-corrected chi connectivity index (χ0v) is 10.5. The van der Waals surface area contributed by atoms with Gasteiger partial charge in [-0.25, -0.2) is 4.79 Å². The summed E-state index contributed by atoms with van der Waals surface area (Å²) in [6.45, 7) is 3.66. The Morgan fingerprint density at radius 1 is 1.17 bits per heavy atom. The monoisotopic (exact) mass is 241 g/mol. The molecule has 92 valence electrons. The third kappa shape index (κ3) is 2.74.